The van der Waals surface area contributed by atoms with Gasteiger partial charge in [0.1, 0.15) is 5.82 Å². The molecular formula is C28H41FO. The molecule has 1 nitrogen and oxygen atoms in total. The third-order valence-electron chi connectivity index (χ3n) is 8.61. The van der Waals surface area contributed by atoms with Gasteiger partial charge in [0.25, 0.3) is 0 Å². The van der Waals surface area contributed by atoms with E-state index in [1.54, 1.807) is 0 Å². The van der Waals surface area contributed by atoms with E-state index in [0.717, 1.165) is 48.7 Å². The molecule has 4 unspecified atom stereocenters. The van der Waals surface area contributed by atoms with Crippen molar-refractivity contribution in [3.8, 4) is 0 Å². The summed E-state index contributed by atoms with van der Waals surface area (Å²) in [6.07, 6.45) is 17.5. The quantitative estimate of drug-likeness (QED) is 0.414. The van der Waals surface area contributed by atoms with Gasteiger partial charge in [0.05, 0.1) is 6.10 Å². The van der Waals surface area contributed by atoms with Crippen LogP contribution in [0.15, 0.2) is 30.9 Å². The van der Waals surface area contributed by atoms with E-state index in [2.05, 4.69) is 19.6 Å². The molecule has 0 saturated heterocycles. The van der Waals surface area contributed by atoms with E-state index in [-0.39, 0.29) is 5.82 Å². The highest BCUT2D eigenvalue weighted by Gasteiger charge is 2.39. The summed E-state index contributed by atoms with van der Waals surface area (Å²) in [6, 6.07) is 6.07. The Hall–Kier alpha value is -1.15. The summed E-state index contributed by atoms with van der Waals surface area (Å²) < 4.78 is 20.4. The highest BCUT2D eigenvalue weighted by Crippen LogP contribution is 2.50. The van der Waals surface area contributed by atoms with Crippen LogP contribution in [0, 0.1) is 29.5 Å². The molecule has 30 heavy (non-hydrogen) atoms. The molecule has 0 radical (unpaired) electrons. The second kappa shape index (κ2) is 10.4. The third-order valence-corrected chi connectivity index (χ3v) is 8.61. The Morgan fingerprint density at radius 2 is 1.60 bits per heavy atom. The fraction of sp³-hybridized carbons (Fsp3) is 0.714. The molecule has 3 aliphatic carbocycles. The van der Waals surface area contributed by atoms with Crippen LogP contribution in [0.1, 0.15) is 94.6 Å². The van der Waals surface area contributed by atoms with Crippen LogP contribution in [0.5, 0.6) is 0 Å². The first-order valence-electron chi connectivity index (χ1n) is 12.7. The van der Waals surface area contributed by atoms with Crippen molar-refractivity contribution in [3.05, 3.63) is 47.8 Å². The van der Waals surface area contributed by atoms with Gasteiger partial charge in [-0.25, -0.2) is 4.39 Å². The summed E-state index contributed by atoms with van der Waals surface area (Å²) in [4.78, 5) is 0. The molecule has 3 aliphatic rings. The topological polar surface area (TPSA) is 9.23 Å². The van der Waals surface area contributed by atoms with Crippen molar-refractivity contribution >= 4 is 0 Å². The maximum atomic E-state index is 14.6. The molecular weight excluding hydrogens is 371 g/mol. The second-order valence-electron chi connectivity index (χ2n) is 10.3. The number of hydrogen-bond acceptors (Lipinski definition) is 1. The summed E-state index contributed by atoms with van der Waals surface area (Å²) in [5.41, 5.74) is 2.08. The fourth-order valence-corrected chi connectivity index (χ4v) is 6.90. The molecule has 1 aromatic carbocycles. The zero-order valence-corrected chi connectivity index (χ0v) is 19.0. The lowest BCUT2D eigenvalue weighted by Crippen LogP contribution is -2.35. The van der Waals surface area contributed by atoms with Gasteiger partial charge in [0.15, 0.2) is 0 Å². The van der Waals surface area contributed by atoms with E-state index in [4.69, 9.17) is 4.74 Å². The van der Waals surface area contributed by atoms with Crippen molar-refractivity contribution < 1.29 is 9.13 Å². The molecule has 0 spiro atoms. The predicted molar refractivity (Wildman–Crippen MR) is 123 cm³/mol. The lowest BCUT2D eigenvalue weighted by Gasteiger charge is -2.45. The van der Waals surface area contributed by atoms with Crippen LogP contribution < -0.4 is 0 Å². The second-order valence-corrected chi connectivity index (χ2v) is 10.3. The number of hydrogen-bond donors (Lipinski definition) is 0. The summed E-state index contributed by atoms with van der Waals surface area (Å²) in [7, 11) is 0. The highest BCUT2D eigenvalue weighted by molar-refractivity contribution is 5.28. The number of ether oxygens (including phenoxy) is 1. The molecule has 1 aromatic rings. The summed E-state index contributed by atoms with van der Waals surface area (Å²) in [5.74, 6) is 4.23. The van der Waals surface area contributed by atoms with Crippen LogP contribution in [0.25, 0.3) is 0 Å². The Morgan fingerprint density at radius 3 is 2.30 bits per heavy atom. The molecule has 2 heteroatoms. The molecule has 0 aromatic heterocycles. The first-order valence-corrected chi connectivity index (χ1v) is 12.7. The molecule has 0 aliphatic heterocycles. The minimum absolute atomic E-state index is 0.0113. The Bertz CT molecular complexity index is 690. The van der Waals surface area contributed by atoms with Crippen molar-refractivity contribution in [1.82, 2.24) is 0 Å². The van der Waals surface area contributed by atoms with Gasteiger partial charge >= 0.3 is 0 Å². The van der Waals surface area contributed by atoms with Crippen LogP contribution in [0.3, 0.4) is 0 Å². The lowest BCUT2D eigenvalue weighted by atomic mass is 9.60. The molecule has 4 atom stereocenters. The highest BCUT2D eigenvalue weighted by atomic mass is 19.1. The molecule has 0 N–H and O–H groups in total. The van der Waals surface area contributed by atoms with E-state index in [9.17, 15) is 4.39 Å². The largest absolute Gasteiger partial charge is 0.379 e. The van der Waals surface area contributed by atoms with Gasteiger partial charge in [0, 0.05) is 6.61 Å². The zero-order valence-electron chi connectivity index (χ0n) is 19.0. The van der Waals surface area contributed by atoms with Crippen LogP contribution in [0.2, 0.25) is 0 Å². The number of rotatable bonds is 7. The minimum Gasteiger partial charge on any atom is -0.379 e. The van der Waals surface area contributed by atoms with Gasteiger partial charge in [-0.3, -0.25) is 0 Å². The summed E-state index contributed by atoms with van der Waals surface area (Å²) in [6.45, 7) is 6.74. The van der Waals surface area contributed by atoms with Gasteiger partial charge in [-0.05, 0) is 131 Å². The van der Waals surface area contributed by atoms with Gasteiger partial charge in [-0.2, -0.15) is 0 Å². The monoisotopic (exact) mass is 412 g/mol. The minimum atomic E-state index is -0.0113. The average molecular weight is 413 g/mol. The maximum absolute atomic E-state index is 14.6. The van der Waals surface area contributed by atoms with Crippen molar-refractivity contribution in [2.45, 2.75) is 96.0 Å². The molecule has 0 bridgehead atoms. The Kier molecular flexibility index (Phi) is 7.68. The lowest BCUT2D eigenvalue weighted by molar-refractivity contribution is 0.00583. The van der Waals surface area contributed by atoms with Crippen molar-refractivity contribution in [2.75, 3.05) is 6.61 Å². The molecule has 4 rings (SSSR count). The number of benzene rings is 1. The van der Waals surface area contributed by atoms with E-state index < -0.39 is 0 Å². The molecule has 3 fully saturated rings. The van der Waals surface area contributed by atoms with E-state index in [1.165, 1.54) is 69.8 Å². The summed E-state index contributed by atoms with van der Waals surface area (Å²) in [5, 5.41) is 0. The van der Waals surface area contributed by atoms with Crippen molar-refractivity contribution in [2.24, 2.45) is 23.7 Å². The number of aryl methyl sites for hydroxylation is 1. The predicted octanol–water partition coefficient (Wildman–Crippen LogP) is 7.84. The number of fused-ring (bicyclic) bond motifs is 1. The van der Waals surface area contributed by atoms with E-state index >= 15 is 0 Å². The van der Waals surface area contributed by atoms with Gasteiger partial charge in [-0.1, -0.05) is 18.2 Å². The first-order chi connectivity index (χ1) is 14.7. The molecule has 0 heterocycles. The first kappa shape index (κ1) is 22.1. The van der Waals surface area contributed by atoms with Crippen LogP contribution in [-0.2, 0) is 11.2 Å². The van der Waals surface area contributed by atoms with E-state index in [0.29, 0.717) is 12.0 Å². The average Bonchev–Trinajstić information content (AvgIpc) is 2.78. The normalized spacial score (nSPS) is 34.3. The smallest absolute Gasteiger partial charge is 0.126 e. The standard InChI is InChI=1S/C28H41FO/c1-3-5-6-21-7-8-26(19-28(21)29)25-12-11-23-17-22(9-10-24(23)18-25)20-13-15-27(16-14-20)30-4-2/h3,7-8,19-20,22-25,27H,1,4-6,9-18H2,2H3. The third kappa shape index (κ3) is 5.18. The Labute approximate surface area is 183 Å². The van der Waals surface area contributed by atoms with Crippen LogP contribution in [0.4, 0.5) is 4.39 Å². The zero-order chi connectivity index (χ0) is 20.9. The molecule has 0 amide bonds. The van der Waals surface area contributed by atoms with Crippen LogP contribution >= 0.6 is 0 Å². The van der Waals surface area contributed by atoms with Gasteiger partial charge < -0.3 is 4.74 Å². The number of allylic oxidation sites excluding steroid dienone is 1. The van der Waals surface area contributed by atoms with Crippen molar-refractivity contribution in [3.63, 3.8) is 0 Å². The SMILES string of the molecule is C=CCCc1ccc(C2CCC3CC(C4CCC(OCC)CC4)CCC3C2)cc1F. The summed E-state index contributed by atoms with van der Waals surface area (Å²) >= 11 is 0. The fourth-order valence-electron chi connectivity index (χ4n) is 6.90. The Morgan fingerprint density at radius 1 is 0.933 bits per heavy atom. The maximum Gasteiger partial charge on any atom is 0.126 e. The van der Waals surface area contributed by atoms with E-state index in [1.807, 2.05) is 18.2 Å². The van der Waals surface area contributed by atoms with Gasteiger partial charge in [0.2, 0.25) is 0 Å². The molecule has 166 valence electrons. The Balaban J connectivity index is 1.29. The van der Waals surface area contributed by atoms with Crippen LogP contribution in [-0.4, -0.2) is 12.7 Å². The number of halogens is 1. The van der Waals surface area contributed by atoms with Gasteiger partial charge in [-0.15, -0.1) is 6.58 Å². The van der Waals surface area contributed by atoms with Crippen molar-refractivity contribution in [1.29, 1.82) is 0 Å². The molecule has 3 saturated carbocycles.